The summed E-state index contributed by atoms with van der Waals surface area (Å²) in [6, 6.07) is 9.33. The van der Waals surface area contributed by atoms with Gasteiger partial charge in [0.2, 0.25) is 0 Å². The Labute approximate surface area is 195 Å². The number of allylic oxidation sites excluding steroid dienone is 2. The molecule has 0 aliphatic carbocycles. The second kappa shape index (κ2) is 9.28. The Morgan fingerprint density at radius 3 is 2.73 bits per heavy atom. The molecule has 0 radical (unpaired) electrons. The molecule has 11 heteroatoms. The Hall–Kier alpha value is -3.31. The monoisotopic (exact) mass is 486 g/mol. The molecule has 0 spiro atoms. The molecule has 2 aromatic rings. The lowest BCUT2D eigenvalue weighted by molar-refractivity contribution is -0.114. The summed E-state index contributed by atoms with van der Waals surface area (Å²) < 4.78 is 33.2. The van der Waals surface area contributed by atoms with Crippen molar-refractivity contribution in [3.05, 3.63) is 70.4 Å². The van der Waals surface area contributed by atoms with Crippen molar-refractivity contribution in [3.8, 4) is 0 Å². The maximum absolute atomic E-state index is 13.8. The molecule has 0 saturated carbocycles. The molecule has 0 unspecified atom stereocenters. The molecule has 2 aliphatic heterocycles. The molecule has 0 N–H and O–H groups in total. The van der Waals surface area contributed by atoms with E-state index in [-0.39, 0.29) is 36.9 Å². The van der Waals surface area contributed by atoms with Gasteiger partial charge in [0, 0.05) is 12.7 Å². The Balaban J connectivity index is 1.76. The predicted molar refractivity (Wildman–Crippen MR) is 126 cm³/mol. The van der Waals surface area contributed by atoms with E-state index in [0.29, 0.717) is 15.7 Å². The molecule has 9 nitrogen and oxygen atoms in total. The second-order valence-electron chi connectivity index (χ2n) is 7.32. The third-order valence-corrected chi connectivity index (χ3v) is 7.30. The van der Waals surface area contributed by atoms with Crippen molar-refractivity contribution in [2.24, 2.45) is 4.40 Å². The van der Waals surface area contributed by atoms with Crippen LogP contribution in [0, 0.1) is 6.92 Å². The molecule has 172 valence electrons. The zero-order valence-electron chi connectivity index (χ0n) is 18.1. The minimum absolute atomic E-state index is 0.0886. The van der Waals surface area contributed by atoms with Crippen molar-refractivity contribution in [3.63, 3.8) is 0 Å². The van der Waals surface area contributed by atoms with Gasteiger partial charge in [-0.05, 0) is 31.6 Å². The minimum Gasteiger partial charge on any atom is -0.462 e. The normalized spacial score (nSPS) is 16.5. The quantitative estimate of drug-likeness (QED) is 0.578. The average Bonchev–Trinajstić information content (AvgIpc) is 3.18. The van der Waals surface area contributed by atoms with Crippen molar-refractivity contribution in [2.75, 3.05) is 23.8 Å². The number of carbonyl (C=O) groups is 2. The molecule has 1 aromatic carbocycles. The van der Waals surface area contributed by atoms with E-state index < -0.39 is 21.9 Å². The van der Waals surface area contributed by atoms with Crippen LogP contribution in [0.2, 0.25) is 0 Å². The van der Waals surface area contributed by atoms with E-state index >= 15 is 0 Å². The number of hydrogen-bond donors (Lipinski definition) is 0. The third-order valence-electron chi connectivity index (χ3n) is 4.99. The first kappa shape index (κ1) is 22.9. The number of nitrogens with zero attached hydrogens (tertiary/aromatic N) is 4. The SMILES string of the molecule is CCOC(=O)c1sc(N(Cc2ccccc2)C(=O)C2=CC=CN3CCS(=O)(=O)N=C23)nc1C. The second-order valence-corrected chi connectivity index (χ2v) is 10.1. The van der Waals surface area contributed by atoms with Gasteiger partial charge in [0.15, 0.2) is 11.0 Å². The summed E-state index contributed by atoms with van der Waals surface area (Å²) in [6.07, 6.45) is 4.92. The van der Waals surface area contributed by atoms with Crippen molar-refractivity contribution in [2.45, 2.75) is 20.4 Å². The van der Waals surface area contributed by atoms with Gasteiger partial charge in [-0.15, -0.1) is 4.40 Å². The summed E-state index contributed by atoms with van der Waals surface area (Å²) in [5.41, 5.74) is 1.44. The largest absolute Gasteiger partial charge is 0.462 e. The number of ether oxygens (including phenoxy) is 1. The van der Waals surface area contributed by atoms with Crippen molar-refractivity contribution in [1.82, 2.24) is 9.88 Å². The maximum Gasteiger partial charge on any atom is 0.350 e. The summed E-state index contributed by atoms with van der Waals surface area (Å²) in [5.74, 6) is -0.997. The van der Waals surface area contributed by atoms with Crippen molar-refractivity contribution in [1.29, 1.82) is 0 Å². The Bertz CT molecular complexity index is 1280. The third kappa shape index (κ3) is 4.88. The summed E-state index contributed by atoms with van der Waals surface area (Å²) in [4.78, 5) is 33.9. The summed E-state index contributed by atoms with van der Waals surface area (Å²) in [5, 5.41) is 0.311. The number of rotatable bonds is 6. The Morgan fingerprint density at radius 2 is 2.00 bits per heavy atom. The van der Waals surface area contributed by atoms with E-state index in [1.54, 1.807) is 37.1 Å². The van der Waals surface area contributed by atoms with Gasteiger partial charge in [0.1, 0.15) is 4.88 Å². The summed E-state index contributed by atoms with van der Waals surface area (Å²) in [7, 11) is -3.66. The topological polar surface area (TPSA) is 109 Å². The van der Waals surface area contributed by atoms with Crippen LogP contribution in [0.3, 0.4) is 0 Å². The van der Waals surface area contributed by atoms with Crippen LogP contribution in [0.5, 0.6) is 0 Å². The maximum atomic E-state index is 13.8. The van der Waals surface area contributed by atoms with E-state index in [9.17, 15) is 18.0 Å². The van der Waals surface area contributed by atoms with Gasteiger partial charge in [-0.1, -0.05) is 41.7 Å². The molecule has 0 saturated heterocycles. The number of fused-ring (bicyclic) bond motifs is 1. The molecule has 33 heavy (non-hydrogen) atoms. The van der Waals surface area contributed by atoms with E-state index in [1.807, 2.05) is 30.3 Å². The first-order valence-electron chi connectivity index (χ1n) is 10.3. The van der Waals surface area contributed by atoms with Crippen molar-refractivity contribution < 1.29 is 22.7 Å². The lowest BCUT2D eigenvalue weighted by Crippen LogP contribution is -2.43. The number of anilines is 1. The molecule has 0 fully saturated rings. The van der Waals surface area contributed by atoms with Crippen molar-refractivity contribution >= 4 is 44.2 Å². The fourth-order valence-electron chi connectivity index (χ4n) is 3.40. The average molecular weight is 487 g/mol. The molecule has 0 bridgehead atoms. The number of aryl methyl sites for hydroxylation is 1. The van der Waals surface area contributed by atoms with E-state index in [2.05, 4.69) is 9.38 Å². The lowest BCUT2D eigenvalue weighted by atomic mass is 10.1. The van der Waals surface area contributed by atoms with Gasteiger partial charge >= 0.3 is 5.97 Å². The van der Waals surface area contributed by atoms with Crippen LogP contribution in [0.15, 0.2) is 58.7 Å². The van der Waals surface area contributed by atoms with Crippen LogP contribution in [0.1, 0.15) is 27.9 Å². The van der Waals surface area contributed by atoms with E-state index in [1.165, 1.54) is 4.90 Å². The van der Waals surface area contributed by atoms with Crippen LogP contribution in [0.4, 0.5) is 5.13 Å². The molecule has 1 aromatic heterocycles. The number of amidine groups is 1. The Kier molecular flexibility index (Phi) is 6.43. The van der Waals surface area contributed by atoms with Crippen LogP contribution in [-0.4, -0.2) is 54.9 Å². The highest BCUT2D eigenvalue weighted by Crippen LogP contribution is 2.30. The highest BCUT2D eigenvalue weighted by Gasteiger charge is 2.34. The minimum atomic E-state index is -3.66. The number of esters is 1. The van der Waals surface area contributed by atoms with E-state index in [4.69, 9.17) is 4.74 Å². The summed E-state index contributed by atoms with van der Waals surface area (Å²) >= 11 is 1.06. The van der Waals surface area contributed by atoms with Gasteiger partial charge in [0.05, 0.1) is 30.2 Å². The van der Waals surface area contributed by atoms with Gasteiger partial charge < -0.3 is 9.64 Å². The lowest BCUT2D eigenvalue weighted by Gasteiger charge is -2.30. The highest BCUT2D eigenvalue weighted by molar-refractivity contribution is 7.90. The van der Waals surface area contributed by atoms with E-state index in [0.717, 1.165) is 16.9 Å². The van der Waals surface area contributed by atoms with Gasteiger partial charge in [-0.2, -0.15) is 0 Å². The predicted octanol–water partition coefficient (Wildman–Crippen LogP) is 2.66. The molecule has 0 atom stereocenters. The van der Waals surface area contributed by atoms with Crippen LogP contribution in [0.25, 0.3) is 0 Å². The van der Waals surface area contributed by atoms with Gasteiger partial charge in [0.25, 0.3) is 15.9 Å². The Morgan fingerprint density at radius 1 is 1.24 bits per heavy atom. The zero-order valence-corrected chi connectivity index (χ0v) is 19.7. The molecule has 3 heterocycles. The number of carbonyl (C=O) groups excluding carboxylic acids is 2. The number of benzene rings is 1. The standard InChI is InChI=1S/C22H22N4O5S2/c1-3-31-21(28)18-15(2)23-22(32-18)26(14-16-8-5-4-6-9-16)20(27)17-10-7-11-25-12-13-33(29,30)24-19(17)25/h4-11H,3,12-14H2,1-2H3. The number of amides is 1. The molecular formula is C22H22N4O5S2. The van der Waals surface area contributed by atoms with Crippen LogP contribution >= 0.6 is 11.3 Å². The smallest absolute Gasteiger partial charge is 0.350 e. The fourth-order valence-corrected chi connectivity index (χ4v) is 5.35. The first-order valence-corrected chi connectivity index (χ1v) is 12.7. The van der Waals surface area contributed by atoms with Gasteiger partial charge in [-0.3, -0.25) is 9.69 Å². The molecule has 1 amide bonds. The fraction of sp³-hybridized carbons (Fsp3) is 0.273. The summed E-state index contributed by atoms with van der Waals surface area (Å²) in [6.45, 7) is 4.01. The molecule has 4 rings (SSSR count). The molecule has 2 aliphatic rings. The van der Waals surface area contributed by atoms with Gasteiger partial charge in [-0.25, -0.2) is 18.2 Å². The van der Waals surface area contributed by atoms with Crippen LogP contribution in [-0.2, 0) is 26.1 Å². The number of hydrogen-bond acceptors (Lipinski definition) is 8. The highest BCUT2D eigenvalue weighted by atomic mass is 32.2. The first-order chi connectivity index (χ1) is 15.8. The molecular weight excluding hydrogens is 464 g/mol. The zero-order chi connectivity index (χ0) is 23.6. The van der Waals surface area contributed by atoms with Crippen LogP contribution < -0.4 is 4.90 Å². The number of aromatic nitrogens is 1. The number of thiazole rings is 1. The number of sulfonamides is 1.